The zero-order valence-corrected chi connectivity index (χ0v) is 38.5. The van der Waals surface area contributed by atoms with Crippen molar-refractivity contribution in [2.24, 2.45) is 0 Å². The van der Waals surface area contributed by atoms with Gasteiger partial charge in [-0.3, -0.25) is 0 Å². The van der Waals surface area contributed by atoms with E-state index in [0.29, 0.717) is 0 Å². The Hall–Kier alpha value is -8.98. The van der Waals surface area contributed by atoms with Gasteiger partial charge >= 0.3 is 0 Å². The SMILES string of the molecule is c1ccc(-c2ccc(N(c3ccc(-n4c5ccccc5c5ccccc54)cc3)c3cccc(C4(c5ccccc5)c5ccccc5C5(c6ccccc6)c6ccccc6-c6cccc4c65)c3)cc2)cc1. The van der Waals surface area contributed by atoms with Crippen LogP contribution in [-0.2, 0) is 10.8 Å². The molecule has 1 aromatic heterocycles. The highest BCUT2D eigenvalue weighted by Crippen LogP contribution is 2.66. The van der Waals surface area contributed by atoms with Crippen LogP contribution in [-0.4, -0.2) is 4.57 Å². The average Bonchev–Trinajstić information content (AvgIpc) is 3.95. The number of fused-ring (bicyclic) bond motifs is 8. The Morgan fingerprint density at radius 3 is 1.40 bits per heavy atom. The topological polar surface area (TPSA) is 8.17 Å². The van der Waals surface area contributed by atoms with E-state index in [1.165, 1.54) is 88.6 Å². The number of nitrogens with zero attached hydrogens (tertiary/aromatic N) is 2. The minimum absolute atomic E-state index is 0.513. The van der Waals surface area contributed by atoms with E-state index >= 15 is 0 Å². The molecule has 14 rings (SSSR count). The van der Waals surface area contributed by atoms with Gasteiger partial charge in [0.1, 0.15) is 0 Å². The van der Waals surface area contributed by atoms with Crippen molar-refractivity contribution in [2.75, 3.05) is 4.90 Å². The third kappa shape index (κ3) is 5.68. The van der Waals surface area contributed by atoms with Crippen molar-refractivity contribution in [1.82, 2.24) is 4.57 Å². The molecule has 0 saturated heterocycles. The van der Waals surface area contributed by atoms with Gasteiger partial charge in [0.05, 0.1) is 21.9 Å². The van der Waals surface area contributed by atoms with E-state index in [-0.39, 0.29) is 0 Å². The summed E-state index contributed by atoms with van der Waals surface area (Å²) in [5.41, 5.74) is 20.9. The first kappa shape index (κ1) is 40.1. The summed E-state index contributed by atoms with van der Waals surface area (Å²) in [5, 5.41) is 2.51. The molecule has 0 bridgehead atoms. The summed E-state index contributed by atoms with van der Waals surface area (Å²) in [4.78, 5) is 2.43. The molecular formula is C68H46N2. The minimum Gasteiger partial charge on any atom is -0.310 e. The molecule has 1 heterocycles. The highest BCUT2D eigenvalue weighted by atomic mass is 15.1. The molecule has 0 fully saturated rings. The Balaban J connectivity index is 1.01. The number of para-hydroxylation sites is 2. The largest absolute Gasteiger partial charge is 0.310 e. The van der Waals surface area contributed by atoms with E-state index in [1.54, 1.807) is 0 Å². The first-order chi connectivity index (χ1) is 34.7. The highest BCUT2D eigenvalue weighted by molar-refractivity contribution is 6.09. The fourth-order valence-corrected chi connectivity index (χ4v) is 12.6. The standard InChI is InChI=1S/C68H46N2/c1-4-20-47(21-5-1)48-38-40-52(41-39-48)69(53-42-44-54(45-43-53)70-64-36-16-11-29-57(64)58-30-12-17-37-65(58)70)55-27-18-26-51(46-55)67(49-22-6-2-7-23-49)61-33-14-15-34-62(61)68(50-24-8-3-9-25-50)60-32-13-10-28-56(60)59-31-19-35-63(67)66(59)68/h1-46H. The van der Waals surface area contributed by atoms with Gasteiger partial charge in [0.2, 0.25) is 0 Å². The van der Waals surface area contributed by atoms with E-state index in [4.69, 9.17) is 0 Å². The van der Waals surface area contributed by atoms with Gasteiger partial charge in [0.25, 0.3) is 0 Å². The van der Waals surface area contributed by atoms with Crippen LogP contribution in [0.4, 0.5) is 17.1 Å². The summed E-state index contributed by atoms with van der Waals surface area (Å²) in [6.07, 6.45) is 0. The molecule has 2 aliphatic carbocycles. The summed E-state index contributed by atoms with van der Waals surface area (Å²) in [6.45, 7) is 0. The fourth-order valence-electron chi connectivity index (χ4n) is 12.6. The lowest BCUT2D eigenvalue weighted by Gasteiger charge is -2.49. The molecule has 0 N–H and O–H groups in total. The number of benzene rings is 11. The molecule has 2 aliphatic rings. The molecule has 0 saturated carbocycles. The van der Waals surface area contributed by atoms with E-state index in [9.17, 15) is 0 Å². The maximum atomic E-state index is 2.47. The molecule has 328 valence electrons. The van der Waals surface area contributed by atoms with Crippen LogP contribution < -0.4 is 4.90 Å². The van der Waals surface area contributed by atoms with E-state index in [2.05, 4.69) is 289 Å². The molecule has 70 heavy (non-hydrogen) atoms. The van der Waals surface area contributed by atoms with Crippen molar-refractivity contribution < 1.29 is 0 Å². The van der Waals surface area contributed by atoms with Gasteiger partial charge in [-0.15, -0.1) is 0 Å². The number of hydrogen-bond acceptors (Lipinski definition) is 1. The van der Waals surface area contributed by atoms with E-state index < -0.39 is 10.8 Å². The maximum absolute atomic E-state index is 2.47. The summed E-state index contributed by atoms with van der Waals surface area (Å²) in [6, 6.07) is 104. The Morgan fingerprint density at radius 1 is 0.286 bits per heavy atom. The molecule has 12 aromatic rings. The molecule has 2 unspecified atom stereocenters. The van der Waals surface area contributed by atoms with Crippen molar-refractivity contribution in [3.63, 3.8) is 0 Å². The van der Waals surface area contributed by atoms with Gasteiger partial charge in [0.15, 0.2) is 0 Å². The second-order valence-corrected chi connectivity index (χ2v) is 18.7. The van der Waals surface area contributed by atoms with Gasteiger partial charge in [-0.25, -0.2) is 0 Å². The molecule has 2 nitrogen and oxygen atoms in total. The maximum Gasteiger partial charge on any atom is 0.0720 e. The van der Waals surface area contributed by atoms with Crippen molar-refractivity contribution in [3.05, 3.63) is 324 Å². The number of rotatable bonds is 8. The molecule has 2 atom stereocenters. The molecule has 0 spiro atoms. The van der Waals surface area contributed by atoms with Crippen LogP contribution in [0.3, 0.4) is 0 Å². The van der Waals surface area contributed by atoms with Crippen LogP contribution in [0.15, 0.2) is 279 Å². The Bertz CT molecular complexity index is 3880. The van der Waals surface area contributed by atoms with Gasteiger partial charge in [-0.05, 0) is 127 Å². The van der Waals surface area contributed by atoms with Crippen molar-refractivity contribution in [3.8, 4) is 27.9 Å². The molecule has 0 amide bonds. The predicted octanol–water partition coefficient (Wildman–Crippen LogP) is 17.0. The van der Waals surface area contributed by atoms with Crippen LogP contribution in [0.2, 0.25) is 0 Å². The average molecular weight is 891 g/mol. The van der Waals surface area contributed by atoms with Gasteiger partial charge < -0.3 is 9.47 Å². The van der Waals surface area contributed by atoms with Gasteiger partial charge in [-0.2, -0.15) is 0 Å². The number of aromatic nitrogens is 1. The molecule has 0 aliphatic heterocycles. The normalized spacial score (nSPS) is 16.4. The second-order valence-electron chi connectivity index (χ2n) is 18.7. The number of hydrogen-bond donors (Lipinski definition) is 0. The van der Waals surface area contributed by atoms with Crippen LogP contribution in [0, 0.1) is 0 Å². The second kappa shape index (κ2) is 15.8. The fraction of sp³-hybridized carbons (Fsp3) is 0.0294. The first-order valence-electron chi connectivity index (χ1n) is 24.3. The Labute approximate surface area is 408 Å². The molecular weight excluding hydrogens is 845 g/mol. The molecule has 2 heteroatoms. The predicted molar refractivity (Wildman–Crippen MR) is 290 cm³/mol. The smallest absolute Gasteiger partial charge is 0.0720 e. The van der Waals surface area contributed by atoms with Crippen LogP contribution in [0.25, 0.3) is 49.7 Å². The van der Waals surface area contributed by atoms with Crippen LogP contribution in [0.1, 0.15) is 44.5 Å². The van der Waals surface area contributed by atoms with Crippen molar-refractivity contribution in [1.29, 1.82) is 0 Å². The zero-order valence-electron chi connectivity index (χ0n) is 38.5. The third-order valence-corrected chi connectivity index (χ3v) is 15.3. The summed E-state index contributed by atoms with van der Waals surface area (Å²) in [7, 11) is 0. The minimum atomic E-state index is -0.678. The Morgan fingerprint density at radius 2 is 0.743 bits per heavy atom. The Kier molecular flexibility index (Phi) is 9.06. The quantitative estimate of drug-likeness (QED) is 0.148. The van der Waals surface area contributed by atoms with Crippen molar-refractivity contribution in [2.45, 2.75) is 10.8 Å². The first-order valence-corrected chi connectivity index (χ1v) is 24.3. The molecule has 11 aromatic carbocycles. The van der Waals surface area contributed by atoms with Crippen molar-refractivity contribution >= 4 is 38.9 Å². The lowest BCUT2D eigenvalue weighted by atomic mass is 9.51. The molecule has 0 radical (unpaired) electrons. The summed E-state index contributed by atoms with van der Waals surface area (Å²) < 4.78 is 2.39. The van der Waals surface area contributed by atoms with Gasteiger partial charge in [-0.1, -0.05) is 218 Å². The van der Waals surface area contributed by atoms with Gasteiger partial charge in [0, 0.05) is 33.5 Å². The highest BCUT2D eigenvalue weighted by Gasteiger charge is 2.57. The summed E-state index contributed by atoms with van der Waals surface area (Å²) in [5.74, 6) is 0. The van der Waals surface area contributed by atoms with Crippen LogP contribution >= 0.6 is 0 Å². The third-order valence-electron chi connectivity index (χ3n) is 15.3. The van der Waals surface area contributed by atoms with E-state index in [0.717, 1.165) is 22.7 Å². The monoisotopic (exact) mass is 890 g/mol. The summed E-state index contributed by atoms with van der Waals surface area (Å²) >= 11 is 0. The lowest BCUT2D eigenvalue weighted by molar-refractivity contribution is 0.627. The van der Waals surface area contributed by atoms with E-state index in [1.807, 2.05) is 0 Å². The van der Waals surface area contributed by atoms with Crippen LogP contribution in [0.5, 0.6) is 0 Å². The zero-order chi connectivity index (χ0) is 46.2. The number of anilines is 3. The lowest BCUT2D eigenvalue weighted by Crippen LogP contribution is -2.44.